The summed E-state index contributed by atoms with van der Waals surface area (Å²) in [5, 5.41) is 2.47. The number of nitrogens with zero attached hydrogens (tertiary/aromatic N) is 2. The molecule has 0 unspecified atom stereocenters. The number of carbonyl (C=O) groups is 2. The van der Waals surface area contributed by atoms with Crippen molar-refractivity contribution in [1.82, 2.24) is 5.32 Å². The van der Waals surface area contributed by atoms with Gasteiger partial charge in [-0.15, -0.1) is 0 Å². The Bertz CT molecular complexity index is 473. The van der Waals surface area contributed by atoms with Gasteiger partial charge in [-0.25, -0.2) is 0 Å². The Kier molecular flexibility index (Phi) is 3.50. The fourth-order valence-electron chi connectivity index (χ4n) is 2.09. The van der Waals surface area contributed by atoms with E-state index in [2.05, 4.69) is 10.2 Å². The van der Waals surface area contributed by atoms with Crippen LogP contribution in [0.1, 0.15) is 6.42 Å². The maximum Gasteiger partial charge on any atom is 0.236 e. The van der Waals surface area contributed by atoms with Gasteiger partial charge in [-0.3, -0.25) is 9.59 Å². The van der Waals surface area contributed by atoms with E-state index in [0.717, 1.165) is 17.9 Å². The Morgan fingerprint density at radius 2 is 1.89 bits per heavy atom. The molecule has 1 aromatic rings. The molecule has 5 heteroatoms. The summed E-state index contributed by atoms with van der Waals surface area (Å²) in [6.07, 6.45) is -0.103. The summed E-state index contributed by atoms with van der Waals surface area (Å²) in [4.78, 5) is 27.2. The van der Waals surface area contributed by atoms with Crippen molar-refractivity contribution in [3.63, 3.8) is 0 Å². The number of fused-ring (bicyclic) bond motifs is 1. The minimum absolute atomic E-state index is 0.103. The molecule has 1 aliphatic rings. The van der Waals surface area contributed by atoms with Crippen LogP contribution in [0.15, 0.2) is 24.3 Å². The lowest BCUT2D eigenvalue weighted by Crippen LogP contribution is -2.44. The van der Waals surface area contributed by atoms with Crippen LogP contribution in [0.2, 0.25) is 0 Å². The Balaban J connectivity index is 2.23. The number of rotatable bonds is 2. The summed E-state index contributed by atoms with van der Waals surface area (Å²) < 4.78 is 0. The molecule has 0 aromatic heterocycles. The summed E-state index contributed by atoms with van der Waals surface area (Å²) in [6, 6.07) is 7.74. The van der Waals surface area contributed by atoms with E-state index in [1.54, 1.807) is 4.90 Å². The van der Waals surface area contributed by atoms with Crippen molar-refractivity contribution in [3.05, 3.63) is 24.3 Å². The zero-order valence-corrected chi connectivity index (χ0v) is 10.6. The summed E-state index contributed by atoms with van der Waals surface area (Å²) >= 11 is 0. The van der Waals surface area contributed by atoms with Crippen LogP contribution in [-0.2, 0) is 9.59 Å². The highest BCUT2D eigenvalue weighted by Gasteiger charge is 2.25. The predicted octanol–water partition coefficient (Wildman–Crippen LogP) is 0.606. The summed E-state index contributed by atoms with van der Waals surface area (Å²) in [5.74, 6) is -0.411. The molecule has 0 spiro atoms. The first kappa shape index (κ1) is 12.4. The van der Waals surface area contributed by atoms with Gasteiger partial charge in [0, 0.05) is 27.2 Å². The Morgan fingerprint density at radius 1 is 1.22 bits per heavy atom. The van der Waals surface area contributed by atoms with Crippen LogP contribution < -0.4 is 15.1 Å². The Hall–Kier alpha value is -2.04. The monoisotopic (exact) mass is 247 g/mol. The molecule has 18 heavy (non-hydrogen) atoms. The number of hydrogen-bond acceptors (Lipinski definition) is 3. The van der Waals surface area contributed by atoms with Crippen molar-refractivity contribution in [2.75, 3.05) is 37.0 Å². The molecule has 1 aliphatic heterocycles. The maximum atomic E-state index is 12.1. The molecule has 0 bridgehead atoms. The number of nitrogens with one attached hydrogen (secondary N) is 1. The first-order valence-corrected chi connectivity index (χ1v) is 5.94. The Labute approximate surface area is 106 Å². The second-order valence-corrected chi connectivity index (χ2v) is 4.31. The largest absolute Gasteiger partial charge is 0.371 e. The SMILES string of the molecule is CNC(=O)CC(=O)N1CCN(C)c2ccccc21. The molecular formula is C13H17N3O2. The number of carbonyl (C=O) groups excluding carboxylic acids is 2. The second kappa shape index (κ2) is 5.08. The minimum Gasteiger partial charge on any atom is -0.371 e. The average molecular weight is 247 g/mol. The first-order valence-electron chi connectivity index (χ1n) is 5.94. The number of hydrogen-bond donors (Lipinski definition) is 1. The van der Waals surface area contributed by atoms with Crippen molar-refractivity contribution < 1.29 is 9.59 Å². The first-order chi connectivity index (χ1) is 8.63. The van der Waals surface area contributed by atoms with E-state index < -0.39 is 0 Å². The van der Waals surface area contributed by atoms with E-state index in [1.807, 2.05) is 31.3 Å². The normalized spacial score (nSPS) is 14.1. The van der Waals surface area contributed by atoms with E-state index in [0.29, 0.717) is 6.54 Å². The topological polar surface area (TPSA) is 52.7 Å². The quantitative estimate of drug-likeness (QED) is 0.779. The van der Waals surface area contributed by atoms with Crippen LogP contribution in [0.4, 0.5) is 11.4 Å². The van der Waals surface area contributed by atoms with Crippen LogP contribution in [0.5, 0.6) is 0 Å². The van der Waals surface area contributed by atoms with E-state index in [9.17, 15) is 9.59 Å². The molecule has 5 nitrogen and oxygen atoms in total. The molecule has 0 saturated carbocycles. The zero-order valence-electron chi connectivity index (χ0n) is 10.6. The fraction of sp³-hybridized carbons (Fsp3) is 0.385. The van der Waals surface area contributed by atoms with E-state index >= 15 is 0 Å². The second-order valence-electron chi connectivity index (χ2n) is 4.31. The smallest absolute Gasteiger partial charge is 0.236 e. The van der Waals surface area contributed by atoms with Crippen LogP contribution in [0.25, 0.3) is 0 Å². The number of para-hydroxylation sites is 2. The molecule has 0 fully saturated rings. The molecular weight excluding hydrogens is 230 g/mol. The van der Waals surface area contributed by atoms with Crippen molar-refractivity contribution in [1.29, 1.82) is 0 Å². The maximum absolute atomic E-state index is 12.1. The summed E-state index contributed by atoms with van der Waals surface area (Å²) in [5.41, 5.74) is 1.90. The standard InChI is InChI=1S/C13H17N3O2/c1-14-12(17)9-13(18)16-8-7-15(2)10-5-3-4-6-11(10)16/h3-6H,7-9H2,1-2H3,(H,14,17). The minimum atomic E-state index is -0.253. The molecule has 1 aromatic carbocycles. The van der Waals surface area contributed by atoms with Crippen LogP contribution in [-0.4, -0.2) is 39.0 Å². The van der Waals surface area contributed by atoms with Crippen LogP contribution in [0.3, 0.4) is 0 Å². The highest BCUT2D eigenvalue weighted by atomic mass is 16.2. The number of amides is 2. The van der Waals surface area contributed by atoms with Gasteiger partial charge in [-0.1, -0.05) is 12.1 Å². The third-order valence-electron chi connectivity index (χ3n) is 3.13. The van der Waals surface area contributed by atoms with Gasteiger partial charge < -0.3 is 15.1 Å². The molecule has 0 aliphatic carbocycles. The van der Waals surface area contributed by atoms with Gasteiger partial charge in [0.2, 0.25) is 11.8 Å². The van der Waals surface area contributed by atoms with E-state index in [1.165, 1.54) is 7.05 Å². The van der Waals surface area contributed by atoms with Crippen molar-refractivity contribution >= 4 is 23.2 Å². The van der Waals surface area contributed by atoms with E-state index in [4.69, 9.17) is 0 Å². The molecule has 0 saturated heterocycles. The summed E-state index contributed by atoms with van der Waals surface area (Å²) in [7, 11) is 3.53. The van der Waals surface area contributed by atoms with Crippen LogP contribution >= 0.6 is 0 Å². The van der Waals surface area contributed by atoms with Gasteiger partial charge in [0.15, 0.2) is 0 Å². The van der Waals surface area contributed by atoms with Crippen molar-refractivity contribution in [2.24, 2.45) is 0 Å². The highest BCUT2D eigenvalue weighted by Crippen LogP contribution is 2.31. The van der Waals surface area contributed by atoms with Crippen molar-refractivity contribution in [3.8, 4) is 0 Å². The van der Waals surface area contributed by atoms with E-state index in [-0.39, 0.29) is 18.2 Å². The zero-order chi connectivity index (χ0) is 13.1. The molecule has 1 N–H and O–H groups in total. The third-order valence-corrected chi connectivity index (χ3v) is 3.13. The molecule has 2 amide bonds. The number of benzene rings is 1. The molecule has 0 radical (unpaired) electrons. The van der Waals surface area contributed by atoms with Gasteiger partial charge in [0.25, 0.3) is 0 Å². The molecule has 2 rings (SSSR count). The molecule has 1 heterocycles. The Morgan fingerprint density at radius 3 is 2.56 bits per heavy atom. The van der Waals surface area contributed by atoms with Gasteiger partial charge in [0.1, 0.15) is 6.42 Å². The number of likely N-dealkylation sites (N-methyl/N-ethyl adjacent to an activating group) is 1. The lowest BCUT2D eigenvalue weighted by Gasteiger charge is -2.35. The molecule has 0 atom stereocenters. The van der Waals surface area contributed by atoms with Crippen LogP contribution in [0, 0.1) is 0 Å². The number of anilines is 2. The highest BCUT2D eigenvalue weighted by molar-refractivity contribution is 6.06. The average Bonchev–Trinajstić information content (AvgIpc) is 2.39. The van der Waals surface area contributed by atoms with Gasteiger partial charge >= 0.3 is 0 Å². The van der Waals surface area contributed by atoms with Gasteiger partial charge in [0.05, 0.1) is 11.4 Å². The lowest BCUT2D eigenvalue weighted by molar-refractivity contribution is -0.127. The van der Waals surface area contributed by atoms with Gasteiger partial charge in [-0.05, 0) is 12.1 Å². The predicted molar refractivity (Wildman–Crippen MR) is 70.7 cm³/mol. The third kappa shape index (κ3) is 2.30. The van der Waals surface area contributed by atoms with Crippen molar-refractivity contribution in [2.45, 2.75) is 6.42 Å². The lowest BCUT2D eigenvalue weighted by atomic mass is 10.1. The summed E-state index contributed by atoms with van der Waals surface area (Å²) in [6.45, 7) is 1.39. The van der Waals surface area contributed by atoms with Gasteiger partial charge in [-0.2, -0.15) is 0 Å². The molecule has 96 valence electrons. The fourth-order valence-corrected chi connectivity index (χ4v) is 2.09.